The Hall–Kier alpha value is -9.15. The van der Waals surface area contributed by atoms with Crippen LogP contribution < -0.4 is 29.6 Å². The first kappa shape index (κ1) is 51.8. The Morgan fingerprint density at radius 2 is 1.06 bits per heavy atom. The van der Waals surface area contributed by atoms with E-state index < -0.39 is 29.7 Å². The van der Waals surface area contributed by atoms with Gasteiger partial charge in [-0.2, -0.15) is 25.4 Å². The van der Waals surface area contributed by atoms with Gasteiger partial charge < -0.3 is 39.1 Å². The number of nitrogens with one attached hydrogen (secondary N) is 2. The van der Waals surface area contributed by atoms with Crippen molar-refractivity contribution in [2.45, 2.75) is 32.1 Å². The van der Waals surface area contributed by atoms with E-state index in [2.05, 4.69) is 28.8 Å². The lowest BCUT2D eigenvalue weighted by molar-refractivity contribution is -0.141. The Balaban J connectivity index is 1.45. The maximum atomic E-state index is 13.9. The number of benzene rings is 3. The van der Waals surface area contributed by atoms with Crippen LogP contribution in [0.5, 0.6) is 23.0 Å². The van der Waals surface area contributed by atoms with E-state index in [0.717, 1.165) is 48.0 Å². The lowest BCUT2D eigenvalue weighted by atomic mass is 10.2. The van der Waals surface area contributed by atoms with Crippen molar-refractivity contribution in [3.63, 3.8) is 0 Å². The number of aromatic nitrogens is 2. The summed E-state index contributed by atoms with van der Waals surface area (Å²) >= 11 is 2.03. The number of carbonyl (C=O) groups is 4. The maximum absolute atomic E-state index is 13.9. The zero-order valence-corrected chi connectivity index (χ0v) is 38.5. The molecule has 0 unspecified atom stereocenters. The fourth-order valence-electron chi connectivity index (χ4n) is 5.66. The highest BCUT2D eigenvalue weighted by molar-refractivity contribution is 7.24. The largest absolute Gasteiger partial charge is 0.494 e. The van der Waals surface area contributed by atoms with Gasteiger partial charge in [0.05, 0.1) is 37.6 Å². The van der Waals surface area contributed by atoms with Crippen LogP contribution in [0.2, 0.25) is 0 Å². The van der Waals surface area contributed by atoms with Gasteiger partial charge in [-0.25, -0.2) is 29.1 Å². The average Bonchev–Trinajstić information content (AvgIpc) is 4.01. The number of halogens is 1. The van der Waals surface area contributed by atoms with E-state index in [4.69, 9.17) is 54.5 Å². The van der Waals surface area contributed by atoms with Crippen molar-refractivity contribution in [2.75, 3.05) is 37.1 Å². The molecule has 5 rings (SSSR count). The quantitative estimate of drug-likeness (QED) is 0.0137. The van der Waals surface area contributed by atoms with Crippen molar-refractivity contribution in [1.29, 1.82) is 21.0 Å². The van der Waals surface area contributed by atoms with Gasteiger partial charge in [0.15, 0.2) is 21.8 Å². The molecule has 0 atom stereocenters. The zero-order valence-electron chi connectivity index (χ0n) is 36.9. The first-order valence-corrected chi connectivity index (χ1v) is 22.5. The van der Waals surface area contributed by atoms with Gasteiger partial charge in [0.2, 0.25) is 5.83 Å². The molecule has 0 amide bonds. The molecule has 0 aliphatic heterocycles. The second-order valence-corrected chi connectivity index (χ2v) is 15.9. The SMILES string of the molecule is C=CC(=O)OCCCCCCOc1ccc(C(=O)Oc2c3nc(N/C=C/C=C(C#N)C#N)sc3c(OC(=O)c3ccc(OCCCOC(=O)C(=C)F)cc3)c3nc(N/C=C/C=C(C#N)C#N)sc23)cc1. The minimum Gasteiger partial charge on any atom is -0.494 e. The van der Waals surface area contributed by atoms with Crippen molar-refractivity contribution < 1.29 is 52.0 Å². The molecule has 354 valence electrons. The summed E-state index contributed by atoms with van der Waals surface area (Å²) < 4.78 is 46.7. The topological polar surface area (TPSA) is 269 Å². The Kier molecular flexibility index (Phi) is 19.9. The molecule has 0 saturated heterocycles. The molecule has 0 bridgehead atoms. The molecule has 3 aromatic carbocycles. The average molecular weight is 983 g/mol. The summed E-state index contributed by atoms with van der Waals surface area (Å²) in [6.45, 7) is 6.99. The predicted octanol–water partition coefficient (Wildman–Crippen LogP) is 9.61. The summed E-state index contributed by atoms with van der Waals surface area (Å²) in [5.41, 5.74) is 0.158. The summed E-state index contributed by atoms with van der Waals surface area (Å²) in [6.07, 6.45) is 12.8. The predicted molar refractivity (Wildman–Crippen MR) is 256 cm³/mol. The van der Waals surface area contributed by atoms with Crippen LogP contribution in [0.4, 0.5) is 14.7 Å². The number of hydrogen-bond donors (Lipinski definition) is 2. The van der Waals surface area contributed by atoms with Crippen molar-refractivity contribution in [1.82, 2.24) is 9.97 Å². The third kappa shape index (κ3) is 15.2. The minimum atomic E-state index is -1.21. The zero-order chi connectivity index (χ0) is 50.3. The van der Waals surface area contributed by atoms with E-state index in [0.29, 0.717) is 31.1 Å². The number of nitrogens with zero attached hydrogens (tertiary/aromatic N) is 6. The lowest BCUT2D eigenvalue weighted by Gasteiger charge is -2.11. The number of hydrogen-bond acceptors (Lipinski definition) is 20. The number of anilines is 2. The number of thiazole rings is 2. The molecule has 2 heterocycles. The first-order chi connectivity index (χ1) is 34.0. The van der Waals surface area contributed by atoms with Crippen molar-refractivity contribution >= 4 is 77.2 Å². The molecule has 5 aromatic rings. The van der Waals surface area contributed by atoms with E-state index in [1.54, 1.807) is 36.4 Å². The summed E-state index contributed by atoms with van der Waals surface area (Å²) in [5, 5.41) is 42.9. The highest BCUT2D eigenvalue weighted by Gasteiger charge is 2.28. The van der Waals surface area contributed by atoms with Crippen LogP contribution in [0.15, 0.2) is 121 Å². The smallest absolute Gasteiger partial charge is 0.366 e. The number of unbranched alkanes of at least 4 members (excludes halogenated alkanes) is 3. The highest BCUT2D eigenvalue weighted by atomic mass is 32.1. The van der Waals surface area contributed by atoms with E-state index in [-0.39, 0.29) is 84.1 Å². The van der Waals surface area contributed by atoms with Crippen LogP contribution in [0.1, 0.15) is 52.8 Å². The summed E-state index contributed by atoms with van der Waals surface area (Å²) in [5.74, 6) is -3.60. The molecular formula is C49H39FN8O10S2. The lowest BCUT2D eigenvalue weighted by Crippen LogP contribution is -2.11. The summed E-state index contributed by atoms with van der Waals surface area (Å²) in [4.78, 5) is 59.6. The summed E-state index contributed by atoms with van der Waals surface area (Å²) in [7, 11) is 0. The normalized spacial score (nSPS) is 10.5. The number of carbonyl (C=O) groups excluding carboxylic acids is 4. The van der Waals surface area contributed by atoms with Gasteiger partial charge in [-0.05, 0) is 98.5 Å². The number of ether oxygens (including phenoxy) is 6. The monoisotopic (exact) mass is 982 g/mol. The number of allylic oxidation sites excluding steroid dienone is 6. The highest BCUT2D eigenvalue weighted by Crippen LogP contribution is 2.49. The minimum absolute atomic E-state index is 0.0321. The molecular weight excluding hydrogens is 944 g/mol. The molecule has 18 nitrogen and oxygen atoms in total. The molecule has 0 saturated carbocycles. The summed E-state index contributed by atoms with van der Waals surface area (Å²) in [6, 6.07) is 19.3. The Morgan fingerprint density at radius 3 is 1.49 bits per heavy atom. The molecule has 21 heteroatoms. The fourth-order valence-corrected chi connectivity index (χ4v) is 7.51. The maximum Gasteiger partial charge on any atom is 0.366 e. The van der Waals surface area contributed by atoms with Crippen LogP contribution in [-0.2, 0) is 19.1 Å². The standard InChI is InChI=1S/C49H39FN8O10S2/c1-3-38(59)65-24-7-5-4-6-23-63-36-17-13-34(14-18-36)46(61)67-41-39-44(70-48(57-39)55-21-8-11-32(27-51)28-52)42(40-43(41)69-49(58-40)56-22-9-12-33(29-53)30-54)68-47(62)35-15-19-37(20-16-35)64-25-10-26-66-45(60)31(2)50/h3,8-9,11-22H,1-2,4-7,10,23-26H2,(H,55,57)(H,56,58)/b21-8+,22-9+. The second kappa shape index (κ2) is 26.9. The number of nitriles is 4. The van der Waals surface area contributed by atoms with E-state index in [1.165, 1.54) is 73.1 Å². The van der Waals surface area contributed by atoms with Gasteiger partial charge in [0.1, 0.15) is 67.4 Å². The molecule has 0 radical (unpaired) electrons. The van der Waals surface area contributed by atoms with E-state index in [1.807, 2.05) is 0 Å². The molecule has 0 spiro atoms. The van der Waals surface area contributed by atoms with Crippen molar-refractivity contribution in [3.8, 4) is 47.3 Å². The third-order valence-electron chi connectivity index (χ3n) is 9.01. The van der Waals surface area contributed by atoms with Gasteiger partial charge in [0.25, 0.3) is 0 Å². The van der Waals surface area contributed by atoms with Crippen LogP contribution in [0.25, 0.3) is 20.4 Å². The Labute approximate surface area is 407 Å². The number of fused-ring (bicyclic) bond motifs is 2. The van der Waals surface area contributed by atoms with Gasteiger partial charge in [-0.1, -0.05) is 35.8 Å². The molecule has 0 aliphatic rings. The van der Waals surface area contributed by atoms with Crippen LogP contribution in [0, 0.1) is 45.3 Å². The molecule has 2 N–H and O–H groups in total. The van der Waals surface area contributed by atoms with Crippen LogP contribution in [0.3, 0.4) is 0 Å². The van der Waals surface area contributed by atoms with Gasteiger partial charge in [-0.15, -0.1) is 0 Å². The molecule has 2 aromatic heterocycles. The van der Waals surface area contributed by atoms with Gasteiger partial charge >= 0.3 is 23.9 Å². The number of rotatable bonds is 25. The third-order valence-corrected chi connectivity index (χ3v) is 11.0. The van der Waals surface area contributed by atoms with Gasteiger partial charge in [-0.3, -0.25) is 0 Å². The fraction of sp³-hybridized carbons (Fsp3) is 0.184. The molecule has 70 heavy (non-hydrogen) atoms. The van der Waals surface area contributed by atoms with E-state index in [9.17, 15) is 23.6 Å². The van der Waals surface area contributed by atoms with Crippen molar-refractivity contribution in [3.05, 3.63) is 133 Å². The van der Waals surface area contributed by atoms with Gasteiger partial charge in [0, 0.05) is 24.9 Å². The van der Waals surface area contributed by atoms with Crippen LogP contribution >= 0.6 is 22.7 Å². The molecule has 0 fully saturated rings. The second-order valence-electron chi connectivity index (χ2n) is 13.9. The Morgan fingerprint density at radius 1 is 0.629 bits per heavy atom. The first-order valence-electron chi connectivity index (χ1n) is 20.8. The van der Waals surface area contributed by atoms with E-state index >= 15 is 0 Å². The number of esters is 4. The molecule has 0 aliphatic carbocycles. The van der Waals surface area contributed by atoms with Crippen LogP contribution in [-0.4, -0.2) is 60.3 Å². The Bertz CT molecular complexity index is 2920. The van der Waals surface area contributed by atoms with Crippen molar-refractivity contribution in [2.24, 2.45) is 0 Å².